The fraction of sp³-hybridized carbons (Fsp3) is 0.308. The number of aryl methyl sites for hydroxylation is 1. The molecule has 17 heavy (non-hydrogen) atoms. The highest BCUT2D eigenvalue weighted by Gasteiger charge is 2.18. The minimum Gasteiger partial charge on any atom is -0.326 e. The zero-order valence-corrected chi connectivity index (χ0v) is 11.6. The van der Waals surface area contributed by atoms with Crippen molar-refractivity contribution < 1.29 is 0 Å². The first-order chi connectivity index (χ1) is 8.08. The van der Waals surface area contributed by atoms with Gasteiger partial charge in [-0.15, -0.1) is 0 Å². The average Bonchev–Trinajstić information content (AvgIpc) is 2.68. The smallest absolute Gasteiger partial charge is 0.0916 e. The molecule has 2 atom stereocenters. The normalized spacial score (nSPS) is 14.6. The molecule has 0 spiro atoms. The summed E-state index contributed by atoms with van der Waals surface area (Å²) in [5, 5.41) is 4.46. The van der Waals surface area contributed by atoms with E-state index in [1.807, 2.05) is 42.9 Å². The van der Waals surface area contributed by atoms with Crippen molar-refractivity contribution >= 4 is 15.9 Å². The molecule has 0 aliphatic rings. The highest BCUT2D eigenvalue weighted by Crippen LogP contribution is 2.22. The van der Waals surface area contributed by atoms with E-state index < -0.39 is 0 Å². The van der Waals surface area contributed by atoms with Crippen LogP contribution >= 0.6 is 15.9 Å². The summed E-state index contributed by atoms with van der Waals surface area (Å²) in [6.45, 7) is 3.99. The van der Waals surface area contributed by atoms with Crippen molar-refractivity contribution in [2.45, 2.75) is 25.9 Å². The second-order valence-electron chi connectivity index (χ2n) is 4.29. The van der Waals surface area contributed by atoms with Crippen molar-refractivity contribution in [3.05, 3.63) is 52.3 Å². The topological polar surface area (TPSA) is 43.8 Å². The molecule has 0 radical (unpaired) electrons. The van der Waals surface area contributed by atoms with Gasteiger partial charge in [0.15, 0.2) is 0 Å². The third kappa shape index (κ3) is 2.76. The van der Waals surface area contributed by atoms with Crippen LogP contribution in [0.15, 0.2) is 41.0 Å². The molecule has 2 rings (SSSR count). The van der Waals surface area contributed by atoms with E-state index in [1.165, 1.54) is 5.56 Å². The summed E-state index contributed by atoms with van der Waals surface area (Å²) in [7, 11) is 0. The third-order valence-electron chi connectivity index (χ3n) is 2.74. The van der Waals surface area contributed by atoms with Crippen LogP contribution in [0.1, 0.15) is 24.2 Å². The van der Waals surface area contributed by atoms with Gasteiger partial charge >= 0.3 is 0 Å². The molecule has 1 aromatic carbocycles. The second kappa shape index (κ2) is 5.02. The van der Waals surface area contributed by atoms with Gasteiger partial charge in [-0.1, -0.05) is 28.1 Å². The molecule has 0 aliphatic carbocycles. The highest BCUT2D eigenvalue weighted by molar-refractivity contribution is 9.10. The van der Waals surface area contributed by atoms with Gasteiger partial charge in [-0.25, -0.2) is 0 Å². The SMILES string of the molecule is Cc1ccn(C(c2ccc(Br)cc2)C(C)N)n1. The van der Waals surface area contributed by atoms with Crippen molar-refractivity contribution in [2.24, 2.45) is 5.73 Å². The number of rotatable bonds is 3. The van der Waals surface area contributed by atoms with Gasteiger partial charge in [0.25, 0.3) is 0 Å². The summed E-state index contributed by atoms with van der Waals surface area (Å²) in [4.78, 5) is 0. The Morgan fingerprint density at radius 3 is 2.35 bits per heavy atom. The van der Waals surface area contributed by atoms with Crippen LogP contribution in [0.25, 0.3) is 0 Å². The standard InChI is InChI=1S/C13H16BrN3/c1-9-7-8-17(16-9)13(10(2)15)11-3-5-12(14)6-4-11/h3-8,10,13H,15H2,1-2H3. The van der Waals surface area contributed by atoms with Crippen LogP contribution in [0.2, 0.25) is 0 Å². The Labute approximate surface area is 110 Å². The lowest BCUT2D eigenvalue weighted by atomic mass is 10.0. The zero-order chi connectivity index (χ0) is 12.4. The van der Waals surface area contributed by atoms with Crippen LogP contribution < -0.4 is 5.73 Å². The summed E-state index contributed by atoms with van der Waals surface area (Å²) in [5.41, 5.74) is 8.26. The fourth-order valence-electron chi connectivity index (χ4n) is 1.95. The van der Waals surface area contributed by atoms with Crippen molar-refractivity contribution in [3.63, 3.8) is 0 Å². The molecule has 0 amide bonds. The van der Waals surface area contributed by atoms with Crippen LogP contribution in [0.5, 0.6) is 0 Å². The molecule has 1 heterocycles. The minimum absolute atomic E-state index is 0.00970. The summed E-state index contributed by atoms with van der Waals surface area (Å²) >= 11 is 3.44. The monoisotopic (exact) mass is 293 g/mol. The van der Waals surface area contributed by atoms with E-state index in [1.54, 1.807) is 0 Å². The van der Waals surface area contributed by atoms with Gasteiger partial charge in [-0.05, 0) is 37.6 Å². The first-order valence-electron chi connectivity index (χ1n) is 5.61. The minimum atomic E-state index is 0.00970. The predicted molar refractivity (Wildman–Crippen MR) is 72.9 cm³/mol. The van der Waals surface area contributed by atoms with E-state index in [9.17, 15) is 0 Å². The molecule has 0 aliphatic heterocycles. The number of nitrogens with zero attached hydrogens (tertiary/aromatic N) is 2. The molecule has 0 fully saturated rings. The Bertz CT molecular complexity index is 488. The number of nitrogens with two attached hydrogens (primary N) is 1. The molecule has 4 heteroatoms. The lowest BCUT2D eigenvalue weighted by Crippen LogP contribution is -2.30. The van der Waals surface area contributed by atoms with Gasteiger partial charge in [0.2, 0.25) is 0 Å². The molecule has 2 aromatic rings. The van der Waals surface area contributed by atoms with Gasteiger partial charge in [-0.2, -0.15) is 5.10 Å². The van der Waals surface area contributed by atoms with Gasteiger partial charge in [-0.3, -0.25) is 4.68 Å². The summed E-state index contributed by atoms with van der Waals surface area (Å²) in [5.74, 6) is 0. The number of aromatic nitrogens is 2. The van der Waals surface area contributed by atoms with Crippen LogP contribution in [-0.4, -0.2) is 15.8 Å². The first-order valence-corrected chi connectivity index (χ1v) is 6.40. The molecule has 0 saturated carbocycles. The summed E-state index contributed by atoms with van der Waals surface area (Å²) in [6.07, 6.45) is 1.98. The Morgan fingerprint density at radius 2 is 1.88 bits per heavy atom. The molecular formula is C13H16BrN3. The molecule has 2 N–H and O–H groups in total. The number of hydrogen-bond acceptors (Lipinski definition) is 2. The van der Waals surface area contributed by atoms with Crippen molar-refractivity contribution in [2.75, 3.05) is 0 Å². The van der Waals surface area contributed by atoms with Crippen LogP contribution in [0, 0.1) is 6.92 Å². The highest BCUT2D eigenvalue weighted by atomic mass is 79.9. The van der Waals surface area contributed by atoms with E-state index in [4.69, 9.17) is 5.73 Å². The Balaban J connectivity index is 2.39. The maximum absolute atomic E-state index is 6.08. The van der Waals surface area contributed by atoms with Crippen molar-refractivity contribution in [1.29, 1.82) is 0 Å². The van der Waals surface area contributed by atoms with E-state index in [0.29, 0.717) is 0 Å². The van der Waals surface area contributed by atoms with E-state index in [-0.39, 0.29) is 12.1 Å². The Hall–Kier alpha value is -1.13. The molecule has 0 bridgehead atoms. The van der Waals surface area contributed by atoms with E-state index >= 15 is 0 Å². The Kier molecular flexibility index (Phi) is 3.64. The number of benzene rings is 1. The predicted octanol–water partition coefficient (Wildman–Crippen LogP) is 2.89. The van der Waals surface area contributed by atoms with Gasteiger partial charge in [0.1, 0.15) is 0 Å². The maximum Gasteiger partial charge on any atom is 0.0916 e. The molecule has 3 nitrogen and oxygen atoms in total. The number of hydrogen-bond donors (Lipinski definition) is 1. The van der Waals surface area contributed by atoms with Gasteiger partial charge in [0, 0.05) is 16.7 Å². The van der Waals surface area contributed by atoms with Gasteiger partial charge < -0.3 is 5.73 Å². The van der Waals surface area contributed by atoms with E-state index in [2.05, 4.69) is 33.2 Å². The molecule has 90 valence electrons. The molecule has 0 saturated heterocycles. The summed E-state index contributed by atoms with van der Waals surface area (Å²) < 4.78 is 3.00. The lowest BCUT2D eigenvalue weighted by Gasteiger charge is -2.22. The molecule has 1 aromatic heterocycles. The van der Waals surface area contributed by atoms with Gasteiger partial charge in [0.05, 0.1) is 11.7 Å². The lowest BCUT2D eigenvalue weighted by molar-refractivity contribution is 0.452. The maximum atomic E-state index is 6.08. The van der Waals surface area contributed by atoms with Crippen LogP contribution in [0.3, 0.4) is 0 Å². The largest absolute Gasteiger partial charge is 0.326 e. The molecule has 2 unspecified atom stereocenters. The van der Waals surface area contributed by atoms with Crippen LogP contribution in [0.4, 0.5) is 0 Å². The van der Waals surface area contributed by atoms with Crippen molar-refractivity contribution in [3.8, 4) is 0 Å². The fourth-order valence-corrected chi connectivity index (χ4v) is 2.21. The van der Waals surface area contributed by atoms with Crippen LogP contribution in [-0.2, 0) is 0 Å². The summed E-state index contributed by atoms with van der Waals surface area (Å²) in [6, 6.07) is 10.3. The second-order valence-corrected chi connectivity index (χ2v) is 5.21. The Morgan fingerprint density at radius 1 is 1.24 bits per heavy atom. The quantitative estimate of drug-likeness (QED) is 0.946. The third-order valence-corrected chi connectivity index (χ3v) is 3.26. The first kappa shape index (κ1) is 12.3. The zero-order valence-electron chi connectivity index (χ0n) is 9.97. The molecular weight excluding hydrogens is 278 g/mol. The van der Waals surface area contributed by atoms with E-state index in [0.717, 1.165) is 10.2 Å². The number of halogens is 1. The average molecular weight is 294 g/mol. The van der Waals surface area contributed by atoms with Crippen molar-refractivity contribution in [1.82, 2.24) is 9.78 Å².